The monoisotopic (exact) mass is 365 g/mol. The van der Waals surface area contributed by atoms with Gasteiger partial charge in [0.2, 0.25) is 5.82 Å². The van der Waals surface area contributed by atoms with Crippen molar-refractivity contribution in [3.8, 4) is 22.8 Å². The highest BCUT2D eigenvalue weighted by atomic mass is 79.9. The van der Waals surface area contributed by atoms with Crippen molar-refractivity contribution in [1.29, 1.82) is 0 Å². The maximum atomic E-state index is 5.45. The lowest BCUT2D eigenvalue weighted by atomic mass is 10.1. The molecule has 112 valence electrons. The van der Waals surface area contributed by atoms with E-state index < -0.39 is 0 Å². The minimum Gasteiger partial charge on any atom is -0.334 e. The Labute approximate surface area is 141 Å². The number of benzene rings is 2. The van der Waals surface area contributed by atoms with Gasteiger partial charge in [-0.1, -0.05) is 45.4 Å². The molecule has 0 fully saturated rings. The fourth-order valence-corrected chi connectivity index (χ4v) is 2.96. The molecule has 2 aromatic heterocycles. The Bertz CT molecular complexity index is 1010. The number of hydrogen-bond donors (Lipinski definition) is 0. The Kier molecular flexibility index (Phi) is 3.42. The van der Waals surface area contributed by atoms with Gasteiger partial charge in [-0.15, -0.1) is 0 Å². The van der Waals surface area contributed by atoms with Crippen molar-refractivity contribution in [3.63, 3.8) is 0 Å². The van der Waals surface area contributed by atoms with Crippen LogP contribution in [0.2, 0.25) is 0 Å². The first-order valence-electron chi connectivity index (χ1n) is 7.17. The van der Waals surface area contributed by atoms with Gasteiger partial charge in [-0.2, -0.15) is 4.98 Å². The molecule has 0 unspecified atom stereocenters. The number of pyridine rings is 1. The van der Waals surface area contributed by atoms with Crippen molar-refractivity contribution in [2.75, 3.05) is 0 Å². The average Bonchev–Trinajstić information content (AvgIpc) is 3.04. The molecule has 2 aromatic carbocycles. The van der Waals surface area contributed by atoms with Gasteiger partial charge in [0.1, 0.15) is 0 Å². The number of halogens is 1. The first-order valence-corrected chi connectivity index (χ1v) is 7.96. The molecule has 5 heteroatoms. The maximum absolute atomic E-state index is 5.45. The van der Waals surface area contributed by atoms with Crippen LogP contribution in [0, 0.1) is 6.92 Å². The third kappa shape index (κ3) is 2.64. The second-order valence-electron chi connectivity index (χ2n) is 5.26. The number of para-hydroxylation sites is 1. The number of hydrogen-bond acceptors (Lipinski definition) is 4. The summed E-state index contributed by atoms with van der Waals surface area (Å²) in [5.41, 5.74) is 3.66. The Hall–Kier alpha value is -2.53. The van der Waals surface area contributed by atoms with Crippen molar-refractivity contribution in [1.82, 2.24) is 15.1 Å². The molecule has 0 aliphatic heterocycles. The Balaban J connectivity index is 1.87. The molecule has 0 atom stereocenters. The molecule has 0 saturated carbocycles. The number of fused-ring (bicyclic) bond motifs is 1. The van der Waals surface area contributed by atoms with Crippen LogP contribution in [0.25, 0.3) is 33.7 Å². The van der Waals surface area contributed by atoms with Crippen LogP contribution in [0.1, 0.15) is 5.69 Å². The molecule has 4 rings (SSSR count). The minimum absolute atomic E-state index is 0.500. The van der Waals surface area contributed by atoms with Gasteiger partial charge in [0.15, 0.2) is 0 Å². The highest BCUT2D eigenvalue weighted by Gasteiger charge is 2.14. The number of nitrogens with zero attached hydrogens (tertiary/aromatic N) is 3. The summed E-state index contributed by atoms with van der Waals surface area (Å²) < 4.78 is 6.42. The molecule has 0 bridgehead atoms. The van der Waals surface area contributed by atoms with Crippen LogP contribution in [-0.2, 0) is 0 Å². The second-order valence-corrected chi connectivity index (χ2v) is 6.18. The van der Waals surface area contributed by atoms with Gasteiger partial charge >= 0.3 is 0 Å². The largest absolute Gasteiger partial charge is 0.334 e. The Morgan fingerprint density at radius 2 is 1.83 bits per heavy atom. The van der Waals surface area contributed by atoms with E-state index in [1.54, 1.807) is 0 Å². The maximum Gasteiger partial charge on any atom is 0.258 e. The summed E-state index contributed by atoms with van der Waals surface area (Å²) in [7, 11) is 0. The molecule has 0 radical (unpaired) electrons. The van der Waals surface area contributed by atoms with Gasteiger partial charge in [-0.25, -0.2) is 0 Å². The molecule has 2 heterocycles. The molecule has 4 aromatic rings. The summed E-state index contributed by atoms with van der Waals surface area (Å²) in [5, 5.41) is 5.17. The lowest BCUT2D eigenvalue weighted by Gasteiger charge is -2.03. The van der Waals surface area contributed by atoms with Crippen molar-refractivity contribution in [2.45, 2.75) is 6.92 Å². The molecule has 0 amide bonds. The quantitative estimate of drug-likeness (QED) is 0.500. The average molecular weight is 366 g/mol. The van der Waals surface area contributed by atoms with E-state index in [2.05, 4.69) is 31.1 Å². The molecule has 4 nitrogen and oxygen atoms in total. The fraction of sp³-hybridized carbons (Fsp3) is 0.0556. The summed E-state index contributed by atoms with van der Waals surface area (Å²) in [6.45, 7) is 1.96. The third-order valence-electron chi connectivity index (χ3n) is 3.58. The first kappa shape index (κ1) is 14.1. The van der Waals surface area contributed by atoms with E-state index in [1.807, 2.05) is 61.5 Å². The number of rotatable bonds is 2. The van der Waals surface area contributed by atoms with Gasteiger partial charge in [0.25, 0.3) is 5.89 Å². The van der Waals surface area contributed by atoms with E-state index in [-0.39, 0.29) is 0 Å². The van der Waals surface area contributed by atoms with E-state index >= 15 is 0 Å². The van der Waals surface area contributed by atoms with Crippen LogP contribution in [0.5, 0.6) is 0 Å². The zero-order valence-corrected chi connectivity index (χ0v) is 13.9. The zero-order valence-electron chi connectivity index (χ0n) is 12.3. The lowest BCUT2D eigenvalue weighted by molar-refractivity contribution is 0.432. The highest BCUT2D eigenvalue weighted by Crippen LogP contribution is 2.29. The standard InChI is InChI=1S/C18H12BrN3O/c1-11-9-15(14-7-2-3-8-16(14)20-11)17-21-18(23-22-17)12-5-4-6-13(19)10-12/h2-10H,1H3. The normalized spacial score (nSPS) is 11.0. The summed E-state index contributed by atoms with van der Waals surface area (Å²) in [6, 6.07) is 17.7. The minimum atomic E-state index is 0.500. The van der Waals surface area contributed by atoms with Crippen molar-refractivity contribution < 1.29 is 4.52 Å². The molecular formula is C18H12BrN3O. The van der Waals surface area contributed by atoms with Crippen molar-refractivity contribution >= 4 is 26.8 Å². The summed E-state index contributed by atoms with van der Waals surface area (Å²) >= 11 is 3.46. The fourth-order valence-electron chi connectivity index (χ4n) is 2.56. The molecular weight excluding hydrogens is 354 g/mol. The zero-order chi connectivity index (χ0) is 15.8. The molecule has 0 spiro atoms. The summed E-state index contributed by atoms with van der Waals surface area (Å²) in [4.78, 5) is 9.10. The van der Waals surface area contributed by atoms with Crippen LogP contribution in [0.3, 0.4) is 0 Å². The number of aromatic nitrogens is 3. The number of aryl methyl sites for hydroxylation is 1. The second kappa shape index (κ2) is 5.59. The lowest BCUT2D eigenvalue weighted by Crippen LogP contribution is -1.89. The molecule has 0 N–H and O–H groups in total. The summed E-state index contributed by atoms with van der Waals surface area (Å²) in [6.07, 6.45) is 0. The molecule has 0 saturated heterocycles. The van der Waals surface area contributed by atoms with Crippen LogP contribution in [0.15, 0.2) is 63.6 Å². The molecule has 23 heavy (non-hydrogen) atoms. The van der Waals surface area contributed by atoms with Gasteiger partial charge in [-0.3, -0.25) is 4.98 Å². The first-order chi connectivity index (χ1) is 11.2. The Morgan fingerprint density at radius 3 is 2.70 bits per heavy atom. The smallest absolute Gasteiger partial charge is 0.258 e. The van der Waals surface area contributed by atoms with Gasteiger partial charge in [0.05, 0.1) is 5.52 Å². The topological polar surface area (TPSA) is 51.8 Å². The SMILES string of the molecule is Cc1cc(-c2noc(-c3cccc(Br)c3)n2)c2ccccc2n1. The van der Waals surface area contributed by atoms with Crippen LogP contribution in [-0.4, -0.2) is 15.1 Å². The Morgan fingerprint density at radius 1 is 0.957 bits per heavy atom. The third-order valence-corrected chi connectivity index (χ3v) is 4.08. The highest BCUT2D eigenvalue weighted by molar-refractivity contribution is 9.10. The van der Waals surface area contributed by atoms with E-state index in [0.29, 0.717) is 11.7 Å². The molecule has 0 aliphatic rings. The van der Waals surface area contributed by atoms with Gasteiger partial charge in [-0.05, 0) is 37.3 Å². The van der Waals surface area contributed by atoms with E-state index in [4.69, 9.17) is 4.52 Å². The van der Waals surface area contributed by atoms with Crippen LogP contribution < -0.4 is 0 Å². The van der Waals surface area contributed by atoms with Gasteiger partial charge < -0.3 is 4.52 Å². The van der Waals surface area contributed by atoms with Crippen molar-refractivity contribution in [3.05, 3.63) is 64.8 Å². The van der Waals surface area contributed by atoms with Crippen molar-refractivity contribution in [2.24, 2.45) is 0 Å². The van der Waals surface area contributed by atoms with Crippen LogP contribution in [0.4, 0.5) is 0 Å². The predicted molar refractivity (Wildman–Crippen MR) is 92.9 cm³/mol. The van der Waals surface area contributed by atoms with E-state index in [1.165, 1.54) is 0 Å². The summed E-state index contributed by atoms with van der Waals surface area (Å²) in [5.74, 6) is 1.07. The van der Waals surface area contributed by atoms with Gasteiger partial charge in [0, 0.05) is 26.7 Å². The van der Waals surface area contributed by atoms with E-state index in [0.717, 1.165) is 32.2 Å². The van der Waals surface area contributed by atoms with E-state index in [9.17, 15) is 0 Å². The predicted octanol–water partition coefficient (Wildman–Crippen LogP) is 5.02. The van der Waals surface area contributed by atoms with Crippen LogP contribution >= 0.6 is 15.9 Å². The molecule has 0 aliphatic carbocycles.